The van der Waals surface area contributed by atoms with Crippen LogP contribution in [0.4, 0.5) is 0 Å². The van der Waals surface area contributed by atoms with E-state index in [1.807, 2.05) is 0 Å². The summed E-state index contributed by atoms with van der Waals surface area (Å²) in [7, 11) is 0. The molecule has 0 saturated heterocycles. The third-order valence-corrected chi connectivity index (χ3v) is 7.76. The van der Waals surface area contributed by atoms with E-state index in [-0.39, 0.29) is 18.2 Å². The molecule has 3 atom stereocenters. The van der Waals surface area contributed by atoms with Crippen molar-refractivity contribution >= 4 is 40.6 Å². The van der Waals surface area contributed by atoms with Crippen molar-refractivity contribution in [3.05, 3.63) is 100 Å². The minimum Gasteiger partial charge on any atom is -0.478 e. The van der Waals surface area contributed by atoms with E-state index in [0.717, 1.165) is 0 Å². The lowest BCUT2D eigenvalue weighted by molar-refractivity contribution is -0.168. The molecule has 10 heteroatoms. The lowest BCUT2D eigenvalue weighted by atomic mass is 9.85. The molecule has 0 aliphatic carbocycles. The maximum absolute atomic E-state index is 14.1. The largest absolute Gasteiger partial charge is 0.478 e. The predicted octanol–water partition coefficient (Wildman–Crippen LogP) is 3.22. The number of hydrogen-bond donors (Lipinski definition) is 3. The molecule has 1 aromatic heterocycles. The van der Waals surface area contributed by atoms with E-state index in [1.165, 1.54) is 21.1 Å². The molecular formula is C30H31N3O6S. The number of carbonyl (C=O) groups excluding carboxylic acids is 3. The molecule has 0 bridgehead atoms. The predicted molar refractivity (Wildman–Crippen MR) is 151 cm³/mol. The molecule has 1 aliphatic heterocycles. The third-order valence-electron chi connectivity index (χ3n) is 6.90. The van der Waals surface area contributed by atoms with Crippen LogP contribution in [0.5, 0.6) is 0 Å². The van der Waals surface area contributed by atoms with E-state index in [9.17, 15) is 29.4 Å². The molecule has 0 saturated carbocycles. The fourth-order valence-electron chi connectivity index (χ4n) is 4.78. The van der Waals surface area contributed by atoms with Gasteiger partial charge in [0.25, 0.3) is 11.8 Å². The number of aliphatic carboxylic acids is 1. The van der Waals surface area contributed by atoms with E-state index in [0.29, 0.717) is 21.7 Å². The fraction of sp³-hybridized carbons (Fsp3) is 0.267. The van der Waals surface area contributed by atoms with Crippen molar-refractivity contribution in [2.75, 3.05) is 6.54 Å². The molecule has 3 aromatic rings. The first kappa shape index (κ1) is 28.9. The van der Waals surface area contributed by atoms with Gasteiger partial charge < -0.3 is 15.1 Å². The van der Waals surface area contributed by atoms with Gasteiger partial charge in [-0.25, -0.2) is 4.79 Å². The molecular weight excluding hydrogens is 530 g/mol. The van der Waals surface area contributed by atoms with Crippen LogP contribution >= 0.6 is 11.3 Å². The van der Waals surface area contributed by atoms with Gasteiger partial charge in [-0.2, -0.15) is 0 Å². The van der Waals surface area contributed by atoms with Gasteiger partial charge in [0.1, 0.15) is 6.04 Å². The molecule has 40 heavy (non-hydrogen) atoms. The van der Waals surface area contributed by atoms with Crippen LogP contribution in [0.25, 0.3) is 5.70 Å². The highest BCUT2D eigenvalue weighted by molar-refractivity contribution is 7.12. The van der Waals surface area contributed by atoms with Crippen LogP contribution in [0.15, 0.2) is 84.4 Å². The van der Waals surface area contributed by atoms with Gasteiger partial charge in [0, 0.05) is 6.20 Å². The minimum absolute atomic E-state index is 0.151. The normalized spacial score (nSPS) is 17.8. The Morgan fingerprint density at radius 3 is 2.17 bits per heavy atom. The highest BCUT2D eigenvalue weighted by Gasteiger charge is 2.47. The third kappa shape index (κ3) is 5.89. The first-order valence-electron chi connectivity index (χ1n) is 12.8. The number of rotatable bonds is 10. The van der Waals surface area contributed by atoms with Crippen LogP contribution in [0.1, 0.15) is 34.6 Å². The van der Waals surface area contributed by atoms with Crippen molar-refractivity contribution in [2.45, 2.75) is 32.0 Å². The molecule has 9 nitrogen and oxygen atoms in total. The highest BCUT2D eigenvalue weighted by atomic mass is 32.1. The summed E-state index contributed by atoms with van der Waals surface area (Å²) in [5, 5.41) is 22.2. The molecule has 2 amide bonds. The van der Waals surface area contributed by atoms with Crippen molar-refractivity contribution < 1.29 is 29.4 Å². The second-order valence-electron chi connectivity index (χ2n) is 10.0. The Bertz CT molecular complexity index is 1400. The van der Waals surface area contributed by atoms with E-state index < -0.39 is 41.9 Å². The standard InChI is InChI=1S/C30H31N3O6S/c1-19(2)26-28(36)32(18-24(34)22(30(31,39)29(37)38)16-20-10-5-3-6-11-20)23(21-12-7-4-8-13-21)17-33(26)27(35)25-14-9-15-40-25/h3-15,17,19,22,26,39H,16,18,31H2,1-2H3,(H,37,38)/t22-,26?,30?/m1/s1. The van der Waals surface area contributed by atoms with Crippen molar-refractivity contribution in [1.82, 2.24) is 9.80 Å². The second-order valence-corrected chi connectivity index (χ2v) is 11.0. The van der Waals surface area contributed by atoms with Gasteiger partial charge in [0.15, 0.2) is 5.78 Å². The zero-order chi connectivity index (χ0) is 29.0. The number of thiophene rings is 1. The Morgan fingerprint density at radius 2 is 1.62 bits per heavy atom. The molecule has 2 aromatic carbocycles. The lowest BCUT2D eigenvalue weighted by Gasteiger charge is -2.41. The number of nitrogens with zero attached hydrogens (tertiary/aromatic N) is 2. The molecule has 0 radical (unpaired) electrons. The van der Waals surface area contributed by atoms with Crippen LogP contribution in [-0.2, 0) is 20.8 Å². The number of carboxylic acids is 1. The molecule has 2 heterocycles. The van der Waals surface area contributed by atoms with Gasteiger partial charge in [0.2, 0.25) is 5.72 Å². The SMILES string of the molecule is CC(C)C1C(=O)N(CC(=O)[C@@H](Cc2ccccc2)C(N)(O)C(=O)O)C(c2ccccc2)=CN1C(=O)c1cccs1. The Hall–Kier alpha value is -4.12. The number of nitrogens with two attached hydrogens (primary N) is 1. The fourth-order valence-corrected chi connectivity index (χ4v) is 5.45. The monoisotopic (exact) mass is 561 g/mol. The van der Waals surface area contributed by atoms with Gasteiger partial charge in [-0.15, -0.1) is 11.3 Å². The van der Waals surface area contributed by atoms with Crippen LogP contribution in [0.2, 0.25) is 0 Å². The van der Waals surface area contributed by atoms with Crippen molar-refractivity contribution in [1.29, 1.82) is 0 Å². The molecule has 0 spiro atoms. The number of carbonyl (C=O) groups is 4. The molecule has 2 unspecified atom stereocenters. The molecule has 4 N–H and O–H groups in total. The van der Waals surface area contributed by atoms with Crippen LogP contribution in [0.3, 0.4) is 0 Å². The second kappa shape index (κ2) is 12.0. The van der Waals surface area contributed by atoms with Gasteiger partial charge >= 0.3 is 5.97 Å². The van der Waals surface area contributed by atoms with Gasteiger partial charge in [0.05, 0.1) is 23.0 Å². The summed E-state index contributed by atoms with van der Waals surface area (Å²) < 4.78 is 0. The first-order chi connectivity index (χ1) is 19.0. The minimum atomic E-state index is -2.87. The van der Waals surface area contributed by atoms with Crippen molar-refractivity contribution in [2.24, 2.45) is 17.6 Å². The summed E-state index contributed by atoms with van der Waals surface area (Å²) in [5.74, 6) is -5.19. The lowest BCUT2D eigenvalue weighted by Crippen LogP contribution is -2.60. The number of Topliss-reactive ketones (excluding diaryl/α,β-unsaturated/α-hetero) is 1. The number of carboxylic acid groups (broad SMARTS) is 1. The zero-order valence-corrected chi connectivity index (χ0v) is 23.0. The smallest absolute Gasteiger partial charge is 0.351 e. The summed E-state index contributed by atoms with van der Waals surface area (Å²) in [4.78, 5) is 56.4. The quantitative estimate of drug-likeness (QED) is 0.323. The number of aliphatic hydroxyl groups is 1. The molecule has 0 fully saturated rings. The maximum Gasteiger partial charge on any atom is 0.351 e. The number of hydrogen-bond acceptors (Lipinski definition) is 7. The number of benzene rings is 2. The van der Waals surface area contributed by atoms with Gasteiger partial charge in [-0.1, -0.05) is 80.6 Å². The Morgan fingerprint density at radius 1 is 1.00 bits per heavy atom. The average Bonchev–Trinajstić information content (AvgIpc) is 3.48. The van der Waals surface area contributed by atoms with Crippen LogP contribution < -0.4 is 5.73 Å². The topological polar surface area (TPSA) is 141 Å². The highest BCUT2D eigenvalue weighted by Crippen LogP contribution is 2.32. The summed E-state index contributed by atoms with van der Waals surface area (Å²) >= 11 is 1.26. The Labute approximate surface area is 236 Å². The Kier molecular flexibility index (Phi) is 8.63. The van der Waals surface area contributed by atoms with Crippen LogP contribution in [-0.4, -0.2) is 61.9 Å². The van der Waals surface area contributed by atoms with Crippen molar-refractivity contribution in [3.8, 4) is 0 Å². The summed E-state index contributed by atoms with van der Waals surface area (Å²) in [5.41, 5.74) is 4.40. The molecule has 1 aliphatic rings. The maximum atomic E-state index is 14.1. The van der Waals surface area contributed by atoms with Gasteiger partial charge in [-0.05, 0) is 34.9 Å². The summed E-state index contributed by atoms with van der Waals surface area (Å²) in [6.07, 6.45) is 1.41. The first-order valence-corrected chi connectivity index (χ1v) is 13.7. The molecule has 208 valence electrons. The number of ketones is 1. The average molecular weight is 562 g/mol. The molecule has 4 rings (SSSR count). The zero-order valence-electron chi connectivity index (χ0n) is 22.1. The summed E-state index contributed by atoms with van der Waals surface area (Å²) in [6, 6.07) is 20.0. The van der Waals surface area contributed by atoms with Crippen molar-refractivity contribution in [3.63, 3.8) is 0 Å². The van der Waals surface area contributed by atoms with E-state index in [2.05, 4.69) is 0 Å². The van der Waals surface area contributed by atoms with Crippen LogP contribution in [0, 0.1) is 11.8 Å². The van der Waals surface area contributed by atoms with E-state index in [4.69, 9.17) is 5.73 Å². The number of amides is 2. The Balaban J connectivity index is 1.77. The summed E-state index contributed by atoms with van der Waals surface area (Å²) in [6.45, 7) is 3.06. The van der Waals surface area contributed by atoms with E-state index >= 15 is 0 Å². The van der Waals surface area contributed by atoms with E-state index in [1.54, 1.807) is 98.2 Å². The van der Waals surface area contributed by atoms with Gasteiger partial charge in [-0.3, -0.25) is 25.0 Å².